The fourth-order valence-corrected chi connectivity index (χ4v) is 2.78. The van der Waals surface area contributed by atoms with Crippen LogP contribution in [0.1, 0.15) is 35.2 Å². The van der Waals surface area contributed by atoms with E-state index in [0.29, 0.717) is 0 Å². The largest absolute Gasteiger partial charge is 0.307 e. The fourth-order valence-electron chi connectivity index (χ4n) is 2.40. The molecule has 0 amide bonds. The predicted molar refractivity (Wildman–Crippen MR) is 85.6 cm³/mol. The number of halogens is 1. The zero-order valence-electron chi connectivity index (χ0n) is 11.7. The Morgan fingerprint density at radius 3 is 2.53 bits per heavy atom. The van der Waals surface area contributed by atoms with E-state index in [1.54, 1.807) is 0 Å². The first-order valence-electron chi connectivity index (χ1n) is 6.68. The second kappa shape index (κ2) is 6.36. The van der Waals surface area contributed by atoms with Gasteiger partial charge in [-0.1, -0.05) is 64.8 Å². The molecule has 1 N–H and O–H groups in total. The van der Waals surface area contributed by atoms with Gasteiger partial charge in [-0.2, -0.15) is 0 Å². The first-order valence-corrected chi connectivity index (χ1v) is 7.47. The van der Waals surface area contributed by atoms with E-state index in [4.69, 9.17) is 0 Å². The van der Waals surface area contributed by atoms with Crippen LogP contribution in [0.4, 0.5) is 0 Å². The highest BCUT2D eigenvalue weighted by molar-refractivity contribution is 9.10. The summed E-state index contributed by atoms with van der Waals surface area (Å²) in [5, 5.41) is 3.59. The minimum atomic E-state index is 0.252. The first kappa shape index (κ1) is 14.3. The quantitative estimate of drug-likeness (QED) is 0.856. The van der Waals surface area contributed by atoms with Crippen molar-refractivity contribution >= 4 is 15.9 Å². The van der Waals surface area contributed by atoms with E-state index in [1.165, 1.54) is 26.7 Å². The Balaban J connectivity index is 2.48. The maximum atomic E-state index is 3.62. The summed E-state index contributed by atoms with van der Waals surface area (Å²) < 4.78 is 1.17. The summed E-state index contributed by atoms with van der Waals surface area (Å²) >= 11 is 3.62. The topological polar surface area (TPSA) is 12.0 Å². The molecule has 2 aromatic carbocycles. The summed E-state index contributed by atoms with van der Waals surface area (Å²) in [5.74, 6) is 0. The van der Waals surface area contributed by atoms with Crippen molar-refractivity contribution in [2.24, 2.45) is 0 Å². The lowest BCUT2D eigenvalue weighted by atomic mass is 9.94. The van der Waals surface area contributed by atoms with Gasteiger partial charge in [0.2, 0.25) is 0 Å². The number of hydrogen-bond donors (Lipinski definition) is 1. The van der Waals surface area contributed by atoms with Crippen LogP contribution in [0.2, 0.25) is 0 Å². The van der Waals surface area contributed by atoms with Crippen LogP contribution in [0.3, 0.4) is 0 Å². The van der Waals surface area contributed by atoms with Crippen LogP contribution >= 0.6 is 15.9 Å². The molecule has 19 heavy (non-hydrogen) atoms. The number of aryl methyl sites for hydroxylation is 1. The SMILES string of the molecule is CCNC(c1cccc(C)c1)c1cccc(Br)c1C. The third-order valence-corrected chi connectivity index (χ3v) is 4.26. The van der Waals surface area contributed by atoms with Crippen molar-refractivity contribution in [3.8, 4) is 0 Å². The maximum absolute atomic E-state index is 3.62. The number of hydrogen-bond acceptors (Lipinski definition) is 1. The molecule has 0 fully saturated rings. The Morgan fingerprint density at radius 1 is 1.11 bits per heavy atom. The van der Waals surface area contributed by atoms with Crippen LogP contribution in [-0.4, -0.2) is 6.54 Å². The van der Waals surface area contributed by atoms with Gasteiger partial charge in [0.05, 0.1) is 6.04 Å². The van der Waals surface area contributed by atoms with Crippen molar-refractivity contribution in [2.75, 3.05) is 6.54 Å². The van der Waals surface area contributed by atoms with Crippen molar-refractivity contribution in [3.63, 3.8) is 0 Å². The normalized spacial score (nSPS) is 12.4. The lowest BCUT2D eigenvalue weighted by Gasteiger charge is -2.22. The Hall–Kier alpha value is -1.12. The summed E-state index contributed by atoms with van der Waals surface area (Å²) in [4.78, 5) is 0. The lowest BCUT2D eigenvalue weighted by molar-refractivity contribution is 0.627. The molecule has 2 rings (SSSR count). The van der Waals surface area contributed by atoms with Gasteiger partial charge < -0.3 is 5.32 Å². The molecule has 0 heterocycles. The number of rotatable bonds is 4. The minimum Gasteiger partial charge on any atom is -0.307 e. The smallest absolute Gasteiger partial charge is 0.0579 e. The zero-order chi connectivity index (χ0) is 13.8. The fraction of sp³-hybridized carbons (Fsp3) is 0.294. The van der Waals surface area contributed by atoms with Gasteiger partial charge in [-0.25, -0.2) is 0 Å². The van der Waals surface area contributed by atoms with Crippen LogP contribution in [0.25, 0.3) is 0 Å². The average molecular weight is 318 g/mol. The van der Waals surface area contributed by atoms with Crippen molar-refractivity contribution < 1.29 is 0 Å². The van der Waals surface area contributed by atoms with E-state index in [9.17, 15) is 0 Å². The summed E-state index contributed by atoms with van der Waals surface area (Å²) in [6.07, 6.45) is 0. The lowest BCUT2D eigenvalue weighted by Crippen LogP contribution is -2.22. The molecule has 1 unspecified atom stereocenters. The van der Waals surface area contributed by atoms with Crippen LogP contribution in [-0.2, 0) is 0 Å². The highest BCUT2D eigenvalue weighted by Gasteiger charge is 2.16. The van der Waals surface area contributed by atoms with E-state index < -0.39 is 0 Å². The van der Waals surface area contributed by atoms with Crippen LogP contribution in [0.5, 0.6) is 0 Å². The molecular weight excluding hydrogens is 298 g/mol. The number of benzene rings is 2. The van der Waals surface area contributed by atoms with Crippen molar-refractivity contribution in [3.05, 3.63) is 69.2 Å². The van der Waals surface area contributed by atoms with Crippen molar-refractivity contribution in [1.82, 2.24) is 5.32 Å². The van der Waals surface area contributed by atoms with Crippen molar-refractivity contribution in [2.45, 2.75) is 26.8 Å². The molecule has 0 aliphatic carbocycles. The molecular formula is C17H20BrN. The molecule has 2 aromatic rings. The third-order valence-electron chi connectivity index (χ3n) is 3.40. The molecule has 1 atom stereocenters. The van der Waals surface area contributed by atoms with Gasteiger partial charge in [-0.3, -0.25) is 0 Å². The number of nitrogens with one attached hydrogen (secondary N) is 1. The van der Waals surface area contributed by atoms with Gasteiger partial charge in [-0.15, -0.1) is 0 Å². The summed E-state index contributed by atoms with van der Waals surface area (Å²) in [7, 11) is 0. The molecule has 0 aromatic heterocycles. The Bertz CT molecular complexity index is 563. The van der Waals surface area contributed by atoms with Crippen LogP contribution in [0, 0.1) is 13.8 Å². The van der Waals surface area contributed by atoms with Crippen LogP contribution in [0.15, 0.2) is 46.9 Å². The Labute approximate surface area is 124 Å². The van der Waals surface area contributed by atoms with Gasteiger partial charge in [0.15, 0.2) is 0 Å². The second-order valence-corrected chi connectivity index (χ2v) is 5.71. The van der Waals surface area contributed by atoms with E-state index in [-0.39, 0.29) is 6.04 Å². The van der Waals surface area contributed by atoms with E-state index in [1.807, 2.05) is 0 Å². The zero-order valence-corrected chi connectivity index (χ0v) is 13.3. The van der Waals surface area contributed by atoms with E-state index in [2.05, 4.69) is 84.5 Å². The van der Waals surface area contributed by atoms with E-state index in [0.717, 1.165) is 6.54 Å². The summed E-state index contributed by atoms with van der Waals surface area (Å²) in [5.41, 5.74) is 5.26. The van der Waals surface area contributed by atoms with Gasteiger partial charge >= 0.3 is 0 Å². The van der Waals surface area contributed by atoms with Crippen molar-refractivity contribution in [1.29, 1.82) is 0 Å². The maximum Gasteiger partial charge on any atom is 0.0579 e. The molecule has 0 saturated carbocycles. The Kier molecular flexibility index (Phi) is 4.78. The second-order valence-electron chi connectivity index (χ2n) is 4.86. The molecule has 1 nitrogen and oxygen atoms in total. The van der Waals surface area contributed by atoms with Crippen LogP contribution < -0.4 is 5.32 Å². The standard InChI is InChI=1S/C17H20BrN/c1-4-19-17(14-8-5-7-12(2)11-14)15-9-6-10-16(18)13(15)3/h5-11,17,19H,4H2,1-3H3. The molecule has 0 aliphatic rings. The summed E-state index contributed by atoms with van der Waals surface area (Å²) in [6.45, 7) is 7.40. The minimum absolute atomic E-state index is 0.252. The van der Waals surface area contributed by atoms with Gasteiger partial charge in [-0.05, 0) is 43.1 Å². The van der Waals surface area contributed by atoms with Gasteiger partial charge in [0.1, 0.15) is 0 Å². The van der Waals surface area contributed by atoms with Gasteiger partial charge in [0, 0.05) is 4.47 Å². The third kappa shape index (κ3) is 3.26. The highest BCUT2D eigenvalue weighted by atomic mass is 79.9. The molecule has 100 valence electrons. The van der Waals surface area contributed by atoms with Gasteiger partial charge in [0.25, 0.3) is 0 Å². The molecule has 2 heteroatoms. The predicted octanol–water partition coefficient (Wildman–Crippen LogP) is 4.76. The Morgan fingerprint density at radius 2 is 1.84 bits per heavy atom. The molecule has 0 radical (unpaired) electrons. The summed E-state index contributed by atoms with van der Waals surface area (Å²) in [6, 6.07) is 15.4. The molecule has 0 aliphatic heterocycles. The first-order chi connectivity index (χ1) is 9.13. The molecule has 0 spiro atoms. The highest BCUT2D eigenvalue weighted by Crippen LogP contribution is 2.29. The molecule has 0 bridgehead atoms. The monoisotopic (exact) mass is 317 g/mol. The average Bonchev–Trinajstić information content (AvgIpc) is 2.40. The van der Waals surface area contributed by atoms with E-state index >= 15 is 0 Å². The molecule has 0 saturated heterocycles.